The van der Waals surface area contributed by atoms with E-state index < -0.39 is 5.97 Å². The number of benzene rings is 2. The summed E-state index contributed by atoms with van der Waals surface area (Å²) < 4.78 is 5.87. The monoisotopic (exact) mass is 339 g/mol. The Morgan fingerprint density at radius 3 is 2.32 bits per heavy atom. The van der Waals surface area contributed by atoms with Crippen LogP contribution in [0.3, 0.4) is 0 Å². The first-order valence-corrected chi connectivity index (χ1v) is 8.46. The van der Waals surface area contributed by atoms with Crippen molar-refractivity contribution < 1.29 is 19.4 Å². The molecule has 25 heavy (non-hydrogen) atoms. The molecule has 5 heteroatoms. The molecule has 0 spiro atoms. The van der Waals surface area contributed by atoms with Crippen molar-refractivity contribution in [3.63, 3.8) is 0 Å². The highest BCUT2D eigenvalue weighted by atomic mass is 16.5. The van der Waals surface area contributed by atoms with E-state index in [4.69, 9.17) is 9.84 Å². The quantitative estimate of drug-likeness (QED) is 0.899. The van der Waals surface area contributed by atoms with Crippen molar-refractivity contribution in [1.82, 2.24) is 4.90 Å². The second-order valence-electron chi connectivity index (χ2n) is 6.24. The van der Waals surface area contributed by atoms with Gasteiger partial charge in [0, 0.05) is 19.5 Å². The summed E-state index contributed by atoms with van der Waals surface area (Å²) in [6, 6.07) is 16.6. The van der Waals surface area contributed by atoms with Crippen LogP contribution < -0.4 is 4.74 Å². The van der Waals surface area contributed by atoms with Crippen LogP contribution in [0.5, 0.6) is 11.5 Å². The standard InChI is InChI=1S/C20H21NO4/c22-19(23)14-15-10-12-21(13-11-15)20(24)17-8-4-5-9-18(17)25-16-6-2-1-3-7-16/h1-9,15H,10-14H2,(H,22,23). The van der Waals surface area contributed by atoms with Gasteiger partial charge in [-0.25, -0.2) is 0 Å². The molecule has 130 valence electrons. The van der Waals surface area contributed by atoms with Gasteiger partial charge in [-0.2, -0.15) is 0 Å². The molecule has 1 amide bonds. The molecule has 1 aliphatic rings. The van der Waals surface area contributed by atoms with Crippen LogP contribution in [0.1, 0.15) is 29.6 Å². The average Bonchev–Trinajstić information content (AvgIpc) is 2.63. The number of amides is 1. The van der Waals surface area contributed by atoms with Gasteiger partial charge in [0.1, 0.15) is 11.5 Å². The predicted octanol–water partition coefficient (Wildman–Crippen LogP) is 3.81. The molecule has 1 aliphatic heterocycles. The van der Waals surface area contributed by atoms with Gasteiger partial charge in [0.2, 0.25) is 0 Å². The Bertz CT molecular complexity index is 736. The fourth-order valence-corrected chi connectivity index (χ4v) is 3.11. The van der Waals surface area contributed by atoms with Gasteiger partial charge in [0.25, 0.3) is 5.91 Å². The van der Waals surface area contributed by atoms with Crippen molar-refractivity contribution >= 4 is 11.9 Å². The van der Waals surface area contributed by atoms with Gasteiger partial charge in [-0.15, -0.1) is 0 Å². The third-order valence-electron chi connectivity index (χ3n) is 4.45. The number of para-hydroxylation sites is 2. The maximum Gasteiger partial charge on any atom is 0.303 e. The normalized spacial score (nSPS) is 15.0. The highest BCUT2D eigenvalue weighted by Gasteiger charge is 2.26. The van der Waals surface area contributed by atoms with E-state index >= 15 is 0 Å². The summed E-state index contributed by atoms with van der Waals surface area (Å²) in [5.74, 6) is 0.526. The number of carboxylic acid groups (broad SMARTS) is 1. The molecule has 5 nitrogen and oxygen atoms in total. The van der Waals surface area contributed by atoms with Crippen molar-refractivity contribution in [2.75, 3.05) is 13.1 Å². The number of aliphatic carboxylic acids is 1. The first-order chi connectivity index (χ1) is 12.1. The zero-order valence-corrected chi connectivity index (χ0v) is 13.9. The molecule has 0 aromatic heterocycles. The lowest BCUT2D eigenvalue weighted by atomic mass is 9.93. The Balaban J connectivity index is 1.70. The molecular weight excluding hydrogens is 318 g/mol. The summed E-state index contributed by atoms with van der Waals surface area (Å²) >= 11 is 0. The summed E-state index contributed by atoms with van der Waals surface area (Å²) in [4.78, 5) is 25.5. The van der Waals surface area contributed by atoms with Gasteiger partial charge < -0.3 is 14.7 Å². The third kappa shape index (κ3) is 4.38. The summed E-state index contributed by atoms with van der Waals surface area (Å²) in [5, 5.41) is 8.90. The first kappa shape index (κ1) is 17.0. The zero-order valence-electron chi connectivity index (χ0n) is 13.9. The number of nitrogens with zero attached hydrogens (tertiary/aromatic N) is 1. The number of hydrogen-bond acceptors (Lipinski definition) is 3. The van der Waals surface area contributed by atoms with Crippen molar-refractivity contribution in [2.45, 2.75) is 19.3 Å². The molecule has 0 bridgehead atoms. The van der Waals surface area contributed by atoms with E-state index in [1.54, 1.807) is 17.0 Å². The number of carbonyl (C=O) groups excluding carboxylic acids is 1. The molecule has 3 rings (SSSR count). The van der Waals surface area contributed by atoms with E-state index in [1.165, 1.54) is 0 Å². The second kappa shape index (κ2) is 7.83. The van der Waals surface area contributed by atoms with Crippen LogP contribution in [0.2, 0.25) is 0 Å². The highest BCUT2D eigenvalue weighted by molar-refractivity contribution is 5.97. The van der Waals surface area contributed by atoms with E-state index in [2.05, 4.69) is 0 Å². The predicted molar refractivity (Wildman–Crippen MR) is 93.8 cm³/mol. The van der Waals surface area contributed by atoms with Gasteiger partial charge in [-0.3, -0.25) is 9.59 Å². The maximum absolute atomic E-state index is 12.9. The lowest BCUT2D eigenvalue weighted by Gasteiger charge is -2.31. The Morgan fingerprint density at radius 2 is 1.64 bits per heavy atom. The van der Waals surface area contributed by atoms with Gasteiger partial charge in [-0.05, 0) is 43.0 Å². The molecule has 2 aromatic rings. The molecule has 1 N–H and O–H groups in total. The van der Waals surface area contributed by atoms with Crippen LogP contribution >= 0.6 is 0 Å². The molecule has 2 aromatic carbocycles. The van der Waals surface area contributed by atoms with Crippen molar-refractivity contribution in [1.29, 1.82) is 0 Å². The number of hydrogen-bond donors (Lipinski definition) is 1. The summed E-state index contributed by atoms with van der Waals surface area (Å²) in [6.07, 6.45) is 1.62. The minimum atomic E-state index is -0.772. The highest BCUT2D eigenvalue weighted by Crippen LogP contribution is 2.28. The maximum atomic E-state index is 12.9. The number of rotatable bonds is 5. The third-order valence-corrected chi connectivity index (χ3v) is 4.45. The molecule has 0 radical (unpaired) electrons. The van der Waals surface area contributed by atoms with Crippen LogP contribution in [0.15, 0.2) is 54.6 Å². The second-order valence-corrected chi connectivity index (χ2v) is 6.24. The molecule has 0 saturated carbocycles. The van der Waals surface area contributed by atoms with Gasteiger partial charge in [-0.1, -0.05) is 30.3 Å². The number of piperidine rings is 1. The Hall–Kier alpha value is -2.82. The van der Waals surface area contributed by atoms with E-state index in [1.807, 2.05) is 42.5 Å². The van der Waals surface area contributed by atoms with Crippen LogP contribution in [0, 0.1) is 5.92 Å². The minimum Gasteiger partial charge on any atom is -0.481 e. The fraction of sp³-hybridized carbons (Fsp3) is 0.300. The number of likely N-dealkylation sites (tertiary alicyclic amines) is 1. The molecule has 1 fully saturated rings. The molecule has 1 heterocycles. The number of carbonyl (C=O) groups is 2. The Kier molecular flexibility index (Phi) is 5.33. The van der Waals surface area contributed by atoms with Crippen LogP contribution in [-0.2, 0) is 4.79 Å². The zero-order chi connectivity index (χ0) is 17.6. The number of ether oxygens (including phenoxy) is 1. The van der Waals surface area contributed by atoms with Gasteiger partial charge in [0.15, 0.2) is 0 Å². The van der Waals surface area contributed by atoms with E-state index in [0.717, 1.165) is 12.8 Å². The SMILES string of the molecule is O=C(O)CC1CCN(C(=O)c2ccccc2Oc2ccccc2)CC1. The number of carboxylic acids is 1. The molecular formula is C20H21NO4. The average molecular weight is 339 g/mol. The fourth-order valence-electron chi connectivity index (χ4n) is 3.11. The van der Waals surface area contributed by atoms with Crippen molar-refractivity contribution in [3.05, 3.63) is 60.2 Å². The van der Waals surface area contributed by atoms with Gasteiger partial charge in [0.05, 0.1) is 5.56 Å². The Morgan fingerprint density at radius 1 is 1.00 bits per heavy atom. The van der Waals surface area contributed by atoms with Crippen molar-refractivity contribution in [3.8, 4) is 11.5 Å². The summed E-state index contributed by atoms with van der Waals surface area (Å²) in [5.41, 5.74) is 0.531. The Labute approximate surface area is 146 Å². The lowest BCUT2D eigenvalue weighted by molar-refractivity contribution is -0.138. The molecule has 0 unspecified atom stereocenters. The van der Waals surface area contributed by atoms with E-state index in [9.17, 15) is 9.59 Å². The molecule has 0 aliphatic carbocycles. The van der Waals surface area contributed by atoms with E-state index in [0.29, 0.717) is 30.2 Å². The van der Waals surface area contributed by atoms with Crippen molar-refractivity contribution in [2.24, 2.45) is 5.92 Å². The summed E-state index contributed by atoms with van der Waals surface area (Å²) in [7, 11) is 0. The molecule has 0 atom stereocenters. The molecule has 1 saturated heterocycles. The van der Waals surface area contributed by atoms with Crippen LogP contribution in [0.4, 0.5) is 0 Å². The lowest BCUT2D eigenvalue weighted by Crippen LogP contribution is -2.39. The first-order valence-electron chi connectivity index (χ1n) is 8.46. The smallest absolute Gasteiger partial charge is 0.303 e. The van der Waals surface area contributed by atoms with Crippen LogP contribution in [-0.4, -0.2) is 35.0 Å². The van der Waals surface area contributed by atoms with Crippen LogP contribution in [0.25, 0.3) is 0 Å². The van der Waals surface area contributed by atoms with Gasteiger partial charge >= 0.3 is 5.97 Å². The largest absolute Gasteiger partial charge is 0.481 e. The summed E-state index contributed by atoms with van der Waals surface area (Å²) in [6.45, 7) is 1.16. The topological polar surface area (TPSA) is 66.8 Å². The van der Waals surface area contributed by atoms with E-state index in [-0.39, 0.29) is 18.2 Å². The minimum absolute atomic E-state index is 0.0692.